The molecule has 1 nitrogen and oxygen atoms in total. The lowest BCUT2D eigenvalue weighted by atomic mass is 9.66. The molecule has 1 aliphatic carbocycles. The van der Waals surface area contributed by atoms with Crippen LogP contribution in [0.4, 0.5) is 17.1 Å². The molecule has 0 unspecified atom stereocenters. The van der Waals surface area contributed by atoms with Crippen molar-refractivity contribution in [1.82, 2.24) is 0 Å². The first-order valence-electron chi connectivity index (χ1n) is 19.6. The summed E-state index contributed by atoms with van der Waals surface area (Å²) < 4.78 is 2.56. The molecule has 0 bridgehead atoms. The Labute approximate surface area is 337 Å². The molecule has 57 heavy (non-hydrogen) atoms. The minimum atomic E-state index is -0.465. The Bertz CT molecular complexity index is 2910. The molecule has 0 amide bonds. The fourth-order valence-corrected chi connectivity index (χ4v) is 10.4. The van der Waals surface area contributed by atoms with Gasteiger partial charge in [-0.05, 0) is 98.1 Å². The Morgan fingerprint density at radius 3 is 1.35 bits per heavy atom. The predicted molar refractivity (Wildman–Crippen MR) is 242 cm³/mol. The van der Waals surface area contributed by atoms with Crippen LogP contribution in [0, 0.1) is 0 Å². The minimum absolute atomic E-state index is 0.465. The Morgan fingerprint density at radius 2 is 0.789 bits per heavy atom. The van der Waals surface area contributed by atoms with E-state index in [9.17, 15) is 0 Å². The van der Waals surface area contributed by atoms with Gasteiger partial charge in [-0.3, -0.25) is 0 Å². The van der Waals surface area contributed by atoms with Crippen molar-refractivity contribution >= 4 is 48.6 Å². The Kier molecular flexibility index (Phi) is 7.98. The van der Waals surface area contributed by atoms with Gasteiger partial charge >= 0.3 is 0 Å². The third-order valence-corrected chi connectivity index (χ3v) is 12.9. The lowest BCUT2D eigenvalue weighted by Gasteiger charge is -2.34. The van der Waals surface area contributed by atoms with E-state index in [-0.39, 0.29) is 0 Å². The minimum Gasteiger partial charge on any atom is -0.310 e. The summed E-state index contributed by atoms with van der Waals surface area (Å²) in [6.07, 6.45) is 0. The van der Waals surface area contributed by atoms with Gasteiger partial charge in [-0.2, -0.15) is 0 Å². The van der Waals surface area contributed by atoms with Crippen molar-refractivity contribution in [3.8, 4) is 33.4 Å². The number of anilines is 3. The van der Waals surface area contributed by atoms with E-state index >= 15 is 0 Å². The van der Waals surface area contributed by atoms with E-state index in [4.69, 9.17) is 0 Å². The van der Waals surface area contributed by atoms with Gasteiger partial charge in [0.25, 0.3) is 0 Å². The van der Waals surface area contributed by atoms with Crippen LogP contribution in [-0.2, 0) is 5.41 Å². The fourth-order valence-electron chi connectivity index (χ4n) is 9.26. The summed E-state index contributed by atoms with van der Waals surface area (Å²) in [7, 11) is 0. The maximum absolute atomic E-state index is 2.39. The lowest BCUT2D eigenvalue weighted by Crippen LogP contribution is -2.28. The van der Waals surface area contributed by atoms with Gasteiger partial charge < -0.3 is 4.90 Å². The van der Waals surface area contributed by atoms with Gasteiger partial charge in [0, 0.05) is 37.2 Å². The third-order valence-electron chi connectivity index (χ3n) is 11.8. The van der Waals surface area contributed by atoms with Crippen LogP contribution in [-0.4, -0.2) is 0 Å². The molecular weight excluding hydrogens is 707 g/mol. The summed E-state index contributed by atoms with van der Waals surface area (Å²) in [6, 6.07) is 82.3. The number of rotatable bonds is 7. The van der Waals surface area contributed by atoms with Crippen molar-refractivity contribution in [2.24, 2.45) is 0 Å². The Hall–Kier alpha value is -7.00. The SMILES string of the molecule is c1ccc(-c2ccc(N(c3ccc(-c4ccccc4)cc3)c3ccc4c(c3)sc3cccc(C5(c6ccccc6)c6ccccc6-c6ccccc65)c34)cc2)cc1. The normalized spacial score (nSPS) is 12.7. The number of benzene rings is 9. The molecule has 0 atom stereocenters. The molecule has 1 aliphatic rings. The first kappa shape index (κ1) is 33.3. The molecule has 2 heteroatoms. The summed E-state index contributed by atoms with van der Waals surface area (Å²) in [6.45, 7) is 0. The number of fused-ring (bicyclic) bond motifs is 6. The van der Waals surface area contributed by atoms with Gasteiger partial charge in [-0.25, -0.2) is 0 Å². The molecule has 0 spiro atoms. The highest BCUT2D eigenvalue weighted by Crippen LogP contribution is 2.58. The molecule has 1 aromatic heterocycles. The zero-order valence-corrected chi connectivity index (χ0v) is 32.0. The second kappa shape index (κ2) is 13.6. The highest BCUT2D eigenvalue weighted by Gasteiger charge is 2.46. The van der Waals surface area contributed by atoms with Crippen LogP contribution in [0.5, 0.6) is 0 Å². The number of thiophene rings is 1. The molecule has 1 heterocycles. The van der Waals surface area contributed by atoms with Crippen LogP contribution in [0.3, 0.4) is 0 Å². The predicted octanol–water partition coefficient (Wildman–Crippen LogP) is 15.2. The second-order valence-electron chi connectivity index (χ2n) is 14.8. The average molecular weight is 744 g/mol. The van der Waals surface area contributed by atoms with E-state index in [0.29, 0.717) is 0 Å². The molecular formula is C55H37NS. The third kappa shape index (κ3) is 5.37. The Morgan fingerprint density at radius 1 is 0.333 bits per heavy atom. The van der Waals surface area contributed by atoms with E-state index < -0.39 is 5.41 Å². The highest BCUT2D eigenvalue weighted by molar-refractivity contribution is 7.25. The molecule has 0 radical (unpaired) electrons. The quantitative estimate of drug-likeness (QED) is 0.157. The van der Waals surface area contributed by atoms with E-state index in [1.54, 1.807) is 0 Å². The van der Waals surface area contributed by atoms with Gasteiger partial charge in [-0.1, -0.05) is 182 Å². The summed E-state index contributed by atoms with van der Waals surface area (Å²) in [5.74, 6) is 0. The zero-order chi connectivity index (χ0) is 37.8. The van der Waals surface area contributed by atoms with Crippen molar-refractivity contribution in [3.05, 3.63) is 247 Å². The van der Waals surface area contributed by atoms with Gasteiger partial charge in [0.1, 0.15) is 0 Å². The second-order valence-corrected chi connectivity index (χ2v) is 15.9. The molecule has 11 rings (SSSR count). The fraction of sp³-hybridized carbons (Fsp3) is 0.0182. The molecule has 9 aromatic carbocycles. The van der Waals surface area contributed by atoms with E-state index in [1.807, 2.05) is 11.3 Å². The van der Waals surface area contributed by atoms with E-state index in [0.717, 1.165) is 17.1 Å². The maximum atomic E-state index is 2.39. The average Bonchev–Trinajstić information content (AvgIpc) is 3.82. The maximum Gasteiger partial charge on any atom is 0.0720 e. The number of nitrogens with zero attached hydrogens (tertiary/aromatic N) is 1. The smallest absolute Gasteiger partial charge is 0.0720 e. The van der Waals surface area contributed by atoms with E-state index in [1.165, 1.54) is 75.8 Å². The van der Waals surface area contributed by atoms with Crippen molar-refractivity contribution in [2.45, 2.75) is 5.41 Å². The molecule has 0 saturated carbocycles. The molecule has 0 aliphatic heterocycles. The van der Waals surface area contributed by atoms with Gasteiger partial charge in [-0.15, -0.1) is 11.3 Å². The molecule has 0 saturated heterocycles. The van der Waals surface area contributed by atoms with Crippen LogP contribution in [0.2, 0.25) is 0 Å². The van der Waals surface area contributed by atoms with Gasteiger partial charge in [0.2, 0.25) is 0 Å². The topological polar surface area (TPSA) is 3.24 Å². The van der Waals surface area contributed by atoms with Crippen LogP contribution in [0.25, 0.3) is 53.6 Å². The summed E-state index contributed by atoms with van der Waals surface area (Å²) in [5.41, 5.74) is 15.6. The summed E-state index contributed by atoms with van der Waals surface area (Å²) in [4.78, 5) is 2.39. The standard InChI is InChI=1S/C55H37NS/c1-4-15-38(16-5-1)40-27-31-43(32-28-40)56(44-33-29-41(30-34-44)39-17-6-2-7-18-39)45-35-36-48-53(37-45)57-52-26-14-25-51(54(48)52)55(42-19-8-3-9-20-42)49-23-12-10-21-46(49)47-22-11-13-24-50(47)55/h1-37H. The molecule has 268 valence electrons. The molecule has 10 aromatic rings. The van der Waals surface area contributed by atoms with Crippen LogP contribution in [0.15, 0.2) is 224 Å². The lowest BCUT2D eigenvalue weighted by molar-refractivity contribution is 0.777. The van der Waals surface area contributed by atoms with Crippen LogP contribution >= 0.6 is 11.3 Å². The largest absolute Gasteiger partial charge is 0.310 e. The van der Waals surface area contributed by atoms with Gasteiger partial charge in [0.15, 0.2) is 0 Å². The summed E-state index contributed by atoms with van der Waals surface area (Å²) in [5, 5.41) is 2.61. The molecule has 0 N–H and O–H groups in total. The highest BCUT2D eigenvalue weighted by atomic mass is 32.1. The van der Waals surface area contributed by atoms with E-state index in [2.05, 4.69) is 229 Å². The zero-order valence-electron chi connectivity index (χ0n) is 31.2. The van der Waals surface area contributed by atoms with Crippen molar-refractivity contribution in [3.63, 3.8) is 0 Å². The number of hydrogen-bond acceptors (Lipinski definition) is 2. The van der Waals surface area contributed by atoms with Crippen molar-refractivity contribution in [2.75, 3.05) is 4.90 Å². The number of hydrogen-bond donors (Lipinski definition) is 0. The van der Waals surface area contributed by atoms with Gasteiger partial charge in [0.05, 0.1) is 5.41 Å². The molecule has 0 fully saturated rings. The van der Waals surface area contributed by atoms with Crippen molar-refractivity contribution in [1.29, 1.82) is 0 Å². The first-order valence-corrected chi connectivity index (χ1v) is 20.4. The van der Waals surface area contributed by atoms with Crippen LogP contribution in [0.1, 0.15) is 22.3 Å². The monoisotopic (exact) mass is 743 g/mol. The Balaban J connectivity index is 1.10. The first-order chi connectivity index (χ1) is 28.3. The summed E-state index contributed by atoms with van der Waals surface area (Å²) >= 11 is 1.89. The van der Waals surface area contributed by atoms with Crippen molar-refractivity contribution < 1.29 is 0 Å². The van der Waals surface area contributed by atoms with Crippen LogP contribution < -0.4 is 4.90 Å².